The predicted molar refractivity (Wildman–Crippen MR) is 74.1 cm³/mol. The van der Waals surface area contributed by atoms with Gasteiger partial charge in [0, 0.05) is 12.6 Å². The fraction of sp³-hybridized carbons (Fsp3) is 0.867. The summed E-state index contributed by atoms with van der Waals surface area (Å²) in [4.78, 5) is 26.9. The zero-order valence-corrected chi connectivity index (χ0v) is 12.4. The Morgan fingerprint density at radius 1 is 1.30 bits per heavy atom. The van der Waals surface area contributed by atoms with Crippen molar-refractivity contribution in [1.29, 1.82) is 0 Å². The molecule has 0 radical (unpaired) electrons. The molecule has 0 aromatic carbocycles. The summed E-state index contributed by atoms with van der Waals surface area (Å²) < 4.78 is 5.57. The molecule has 1 saturated heterocycles. The largest absolute Gasteiger partial charge is 0.378 e. The highest BCUT2D eigenvalue weighted by Crippen LogP contribution is 2.39. The van der Waals surface area contributed by atoms with Gasteiger partial charge in [0.25, 0.3) is 0 Å². The van der Waals surface area contributed by atoms with E-state index in [2.05, 4.69) is 5.32 Å². The van der Waals surface area contributed by atoms with Gasteiger partial charge in [-0.15, -0.1) is 0 Å². The van der Waals surface area contributed by atoms with E-state index in [1.807, 2.05) is 18.7 Å². The Morgan fingerprint density at radius 3 is 2.55 bits per heavy atom. The minimum Gasteiger partial charge on any atom is -0.378 e. The number of carbonyl (C=O) groups excluding carboxylic acids is 2. The first-order chi connectivity index (χ1) is 9.57. The van der Waals surface area contributed by atoms with E-state index in [1.54, 1.807) is 0 Å². The number of amides is 2. The Morgan fingerprint density at radius 2 is 1.95 bits per heavy atom. The van der Waals surface area contributed by atoms with Crippen molar-refractivity contribution < 1.29 is 14.3 Å². The molecule has 5 nitrogen and oxygen atoms in total. The zero-order chi connectivity index (χ0) is 14.3. The van der Waals surface area contributed by atoms with Crippen LogP contribution in [0, 0.1) is 0 Å². The first-order valence-electron chi connectivity index (χ1n) is 7.84. The van der Waals surface area contributed by atoms with Crippen molar-refractivity contribution in [2.75, 3.05) is 6.61 Å². The molecule has 1 spiro atoms. The van der Waals surface area contributed by atoms with Crippen molar-refractivity contribution in [2.45, 2.75) is 76.1 Å². The molecule has 3 fully saturated rings. The second kappa shape index (κ2) is 5.02. The Labute approximate surface area is 120 Å². The summed E-state index contributed by atoms with van der Waals surface area (Å²) >= 11 is 0. The molecule has 1 N–H and O–H groups in total. The lowest BCUT2D eigenvalue weighted by Gasteiger charge is -2.51. The van der Waals surface area contributed by atoms with Crippen molar-refractivity contribution in [3.63, 3.8) is 0 Å². The third-order valence-electron chi connectivity index (χ3n) is 5.13. The Balaban J connectivity index is 1.75. The molecule has 20 heavy (non-hydrogen) atoms. The molecule has 3 rings (SSSR count). The van der Waals surface area contributed by atoms with Gasteiger partial charge in [-0.3, -0.25) is 9.59 Å². The second-order valence-corrected chi connectivity index (χ2v) is 6.37. The molecule has 112 valence electrons. The van der Waals surface area contributed by atoms with Gasteiger partial charge in [-0.1, -0.05) is 12.8 Å². The molecular formula is C15H24N2O3. The Kier molecular flexibility index (Phi) is 3.48. The number of carbonyl (C=O) groups is 2. The average molecular weight is 280 g/mol. The summed E-state index contributed by atoms with van der Waals surface area (Å²) in [6.45, 7) is 4.54. The zero-order valence-electron chi connectivity index (χ0n) is 12.4. The lowest BCUT2D eigenvalue weighted by molar-refractivity contribution is -0.163. The van der Waals surface area contributed by atoms with Crippen molar-refractivity contribution in [1.82, 2.24) is 10.2 Å². The Hall–Kier alpha value is -1.10. The van der Waals surface area contributed by atoms with Crippen molar-refractivity contribution in [2.24, 2.45) is 0 Å². The standard InChI is InChI=1S/C15H24N2O3/c1-3-20-12-8-11(9-12)17-10(2)13(18)16-15(14(17)19)6-4-5-7-15/h10-12H,3-9H2,1-2H3,(H,16,18). The third-order valence-corrected chi connectivity index (χ3v) is 5.13. The molecule has 1 unspecified atom stereocenters. The molecule has 1 aliphatic heterocycles. The maximum absolute atomic E-state index is 12.9. The summed E-state index contributed by atoms with van der Waals surface area (Å²) in [5.41, 5.74) is -0.597. The van der Waals surface area contributed by atoms with Gasteiger partial charge in [0.1, 0.15) is 11.6 Å². The second-order valence-electron chi connectivity index (χ2n) is 6.37. The van der Waals surface area contributed by atoms with E-state index < -0.39 is 5.54 Å². The maximum Gasteiger partial charge on any atom is 0.249 e. The number of hydrogen-bond donors (Lipinski definition) is 1. The SMILES string of the molecule is CCOC1CC(N2C(=O)C3(CCCC3)NC(=O)C2C)C1. The highest BCUT2D eigenvalue weighted by atomic mass is 16.5. The van der Waals surface area contributed by atoms with Crippen LogP contribution in [0.25, 0.3) is 0 Å². The number of hydrogen-bond acceptors (Lipinski definition) is 3. The van der Waals surface area contributed by atoms with Crippen LogP contribution in [-0.2, 0) is 14.3 Å². The summed E-state index contributed by atoms with van der Waals surface area (Å²) in [6.07, 6.45) is 5.64. The molecular weight excluding hydrogens is 256 g/mol. The molecule has 3 aliphatic rings. The van der Waals surface area contributed by atoms with Crippen LogP contribution in [0.3, 0.4) is 0 Å². The van der Waals surface area contributed by atoms with E-state index in [-0.39, 0.29) is 30.0 Å². The number of piperazine rings is 1. The van der Waals surface area contributed by atoms with Gasteiger partial charge in [-0.2, -0.15) is 0 Å². The minimum atomic E-state index is -0.597. The molecule has 2 saturated carbocycles. The van der Waals surface area contributed by atoms with E-state index in [0.717, 1.165) is 38.5 Å². The average Bonchev–Trinajstić information content (AvgIpc) is 2.83. The summed E-state index contributed by atoms with van der Waals surface area (Å²) in [5, 5.41) is 3.00. The number of ether oxygens (including phenoxy) is 1. The summed E-state index contributed by atoms with van der Waals surface area (Å²) in [5.74, 6) is 0.147. The van der Waals surface area contributed by atoms with Gasteiger partial charge in [0.15, 0.2) is 0 Å². The highest BCUT2D eigenvalue weighted by Gasteiger charge is 2.54. The molecule has 0 bridgehead atoms. The van der Waals surface area contributed by atoms with Crippen LogP contribution in [0.15, 0.2) is 0 Å². The molecule has 0 aromatic rings. The van der Waals surface area contributed by atoms with Crippen LogP contribution in [0.2, 0.25) is 0 Å². The van der Waals surface area contributed by atoms with E-state index >= 15 is 0 Å². The molecule has 2 amide bonds. The summed E-state index contributed by atoms with van der Waals surface area (Å²) in [6, 6.07) is -0.168. The monoisotopic (exact) mass is 280 g/mol. The predicted octanol–water partition coefficient (Wildman–Crippen LogP) is 1.21. The van der Waals surface area contributed by atoms with Crippen LogP contribution < -0.4 is 5.32 Å². The molecule has 0 aromatic heterocycles. The van der Waals surface area contributed by atoms with Gasteiger partial charge in [0.2, 0.25) is 11.8 Å². The van der Waals surface area contributed by atoms with Crippen LogP contribution in [0.1, 0.15) is 52.4 Å². The molecule has 1 atom stereocenters. The summed E-state index contributed by atoms with van der Waals surface area (Å²) in [7, 11) is 0. The molecule has 1 heterocycles. The van der Waals surface area contributed by atoms with Gasteiger partial charge >= 0.3 is 0 Å². The maximum atomic E-state index is 12.9. The molecule has 2 aliphatic carbocycles. The van der Waals surface area contributed by atoms with Crippen LogP contribution in [0.5, 0.6) is 0 Å². The van der Waals surface area contributed by atoms with Gasteiger partial charge in [-0.05, 0) is 39.5 Å². The van der Waals surface area contributed by atoms with Crippen LogP contribution in [0.4, 0.5) is 0 Å². The molecule has 5 heteroatoms. The smallest absolute Gasteiger partial charge is 0.249 e. The number of nitrogens with one attached hydrogen (secondary N) is 1. The van der Waals surface area contributed by atoms with Gasteiger partial charge in [-0.25, -0.2) is 0 Å². The van der Waals surface area contributed by atoms with Crippen molar-refractivity contribution in [3.8, 4) is 0 Å². The van der Waals surface area contributed by atoms with E-state index in [9.17, 15) is 9.59 Å². The number of nitrogens with zero attached hydrogens (tertiary/aromatic N) is 1. The number of rotatable bonds is 3. The fourth-order valence-corrected chi connectivity index (χ4v) is 3.88. The van der Waals surface area contributed by atoms with Gasteiger partial charge < -0.3 is 15.0 Å². The fourth-order valence-electron chi connectivity index (χ4n) is 3.88. The topological polar surface area (TPSA) is 58.6 Å². The lowest BCUT2D eigenvalue weighted by Crippen LogP contribution is -2.72. The van der Waals surface area contributed by atoms with Crippen LogP contribution >= 0.6 is 0 Å². The van der Waals surface area contributed by atoms with Crippen molar-refractivity contribution in [3.05, 3.63) is 0 Å². The normalized spacial score (nSPS) is 36.1. The van der Waals surface area contributed by atoms with E-state index in [1.165, 1.54) is 0 Å². The lowest BCUT2D eigenvalue weighted by atomic mass is 9.82. The quantitative estimate of drug-likeness (QED) is 0.845. The van der Waals surface area contributed by atoms with Crippen molar-refractivity contribution >= 4 is 11.8 Å². The third kappa shape index (κ3) is 2.03. The first-order valence-corrected chi connectivity index (χ1v) is 7.84. The Bertz CT molecular complexity index is 411. The van der Waals surface area contributed by atoms with E-state index in [4.69, 9.17) is 4.74 Å². The minimum absolute atomic E-state index is 0.00589. The van der Waals surface area contributed by atoms with Gasteiger partial charge in [0.05, 0.1) is 6.10 Å². The van der Waals surface area contributed by atoms with E-state index in [0.29, 0.717) is 6.61 Å². The highest BCUT2D eigenvalue weighted by molar-refractivity contribution is 6.00. The first kappa shape index (κ1) is 13.9. The van der Waals surface area contributed by atoms with Crippen LogP contribution in [-0.4, -0.2) is 47.0 Å².